The van der Waals surface area contributed by atoms with E-state index in [0.29, 0.717) is 5.82 Å². The fourth-order valence-corrected chi connectivity index (χ4v) is 1.33. The molecule has 0 bridgehead atoms. The molecule has 2 heterocycles. The summed E-state index contributed by atoms with van der Waals surface area (Å²) in [6.07, 6.45) is 0.934. The van der Waals surface area contributed by atoms with Crippen LogP contribution in [0.4, 0.5) is 0 Å². The highest BCUT2D eigenvalue weighted by molar-refractivity contribution is 5.86. The third-order valence-electron chi connectivity index (χ3n) is 2.12. The van der Waals surface area contributed by atoms with Crippen LogP contribution >= 0.6 is 0 Å². The Labute approximate surface area is 98.7 Å². The molecule has 0 spiro atoms. The van der Waals surface area contributed by atoms with Gasteiger partial charge in [0.2, 0.25) is 5.89 Å². The van der Waals surface area contributed by atoms with Crippen LogP contribution in [-0.4, -0.2) is 30.8 Å². The molecule has 2 aromatic rings. The second kappa shape index (κ2) is 4.28. The van der Waals surface area contributed by atoms with Gasteiger partial charge in [0.05, 0.1) is 0 Å². The Morgan fingerprint density at radius 1 is 1.56 bits per heavy atom. The highest BCUT2D eigenvalue weighted by Crippen LogP contribution is 1.98. The number of carboxylic acid groups (broad SMARTS) is 1. The highest BCUT2D eigenvalue weighted by atomic mass is 16.5. The third kappa shape index (κ3) is 2.19. The number of aromatic nitrogens is 4. The Morgan fingerprint density at radius 3 is 2.83 bits per heavy atom. The summed E-state index contributed by atoms with van der Waals surface area (Å²) in [6, 6.07) is 0. The zero-order valence-electron chi connectivity index (χ0n) is 9.21. The number of aryl methyl sites for hydroxylation is 1. The molecule has 2 aromatic heterocycles. The summed E-state index contributed by atoms with van der Waals surface area (Å²) >= 11 is 0. The van der Waals surface area contributed by atoms with Crippen LogP contribution in [-0.2, 0) is 6.54 Å². The predicted octanol–water partition coefficient (Wildman–Crippen LogP) is -1.03. The normalized spacial score (nSPS) is 10.5. The molecule has 0 aromatic carbocycles. The van der Waals surface area contributed by atoms with Gasteiger partial charge in [-0.25, -0.2) is 9.59 Å². The fourth-order valence-electron chi connectivity index (χ4n) is 1.33. The van der Waals surface area contributed by atoms with Crippen molar-refractivity contribution in [1.29, 1.82) is 0 Å². The van der Waals surface area contributed by atoms with Crippen LogP contribution in [0.3, 0.4) is 0 Å². The Hall–Kier alpha value is -2.71. The number of carboxylic acids is 1. The van der Waals surface area contributed by atoms with E-state index in [1.165, 1.54) is 0 Å². The lowest BCUT2D eigenvalue weighted by Crippen LogP contribution is -2.33. The van der Waals surface area contributed by atoms with Gasteiger partial charge in [-0.15, -0.1) is 0 Å². The first-order valence-electron chi connectivity index (χ1n) is 4.83. The van der Waals surface area contributed by atoms with E-state index in [4.69, 9.17) is 9.63 Å². The van der Waals surface area contributed by atoms with E-state index in [1.807, 2.05) is 4.98 Å². The van der Waals surface area contributed by atoms with Gasteiger partial charge in [0.25, 0.3) is 5.56 Å². The molecule has 9 nitrogen and oxygen atoms in total. The van der Waals surface area contributed by atoms with Crippen LogP contribution < -0.4 is 11.2 Å². The van der Waals surface area contributed by atoms with Crippen molar-refractivity contribution in [2.24, 2.45) is 0 Å². The maximum Gasteiger partial charge on any atom is 0.342 e. The van der Waals surface area contributed by atoms with Gasteiger partial charge in [0, 0.05) is 6.20 Å². The lowest BCUT2D eigenvalue weighted by molar-refractivity contribution is 0.0693. The molecular weight excluding hydrogens is 244 g/mol. The monoisotopic (exact) mass is 252 g/mol. The molecule has 9 heteroatoms. The summed E-state index contributed by atoms with van der Waals surface area (Å²) in [5.74, 6) is -0.898. The molecule has 0 saturated heterocycles. The van der Waals surface area contributed by atoms with Gasteiger partial charge in [-0.2, -0.15) is 4.98 Å². The van der Waals surface area contributed by atoms with E-state index < -0.39 is 22.8 Å². The van der Waals surface area contributed by atoms with Gasteiger partial charge in [-0.05, 0) is 6.92 Å². The molecule has 94 valence electrons. The molecule has 0 fully saturated rings. The zero-order valence-corrected chi connectivity index (χ0v) is 9.21. The number of aromatic carboxylic acids is 1. The lowest BCUT2D eigenvalue weighted by Gasteiger charge is -2.01. The number of hydrogen-bond acceptors (Lipinski definition) is 6. The first-order valence-corrected chi connectivity index (χ1v) is 4.83. The van der Waals surface area contributed by atoms with Crippen LogP contribution in [0.2, 0.25) is 0 Å². The van der Waals surface area contributed by atoms with Gasteiger partial charge < -0.3 is 9.63 Å². The molecule has 0 saturated carbocycles. The molecule has 0 amide bonds. The first-order chi connectivity index (χ1) is 8.47. The number of rotatable bonds is 3. The van der Waals surface area contributed by atoms with Crippen LogP contribution in [0.1, 0.15) is 22.1 Å². The van der Waals surface area contributed by atoms with Gasteiger partial charge in [-0.1, -0.05) is 5.16 Å². The second-order valence-electron chi connectivity index (χ2n) is 3.47. The van der Waals surface area contributed by atoms with Crippen LogP contribution in [0.5, 0.6) is 0 Å². The number of carbonyl (C=O) groups is 1. The number of nitrogens with one attached hydrogen (secondary N) is 1. The molecule has 0 atom stereocenters. The molecule has 0 aliphatic rings. The van der Waals surface area contributed by atoms with Crippen molar-refractivity contribution in [3.05, 3.63) is 44.3 Å². The zero-order chi connectivity index (χ0) is 13.3. The van der Waals surface area contributed by atoms with E-state index in [2.05, 4.69) is 10.1 Å². The smallest absolute Gasteiger partial charge is 0.342 e. The summed E-state index contributed by atoms with van der Waals surface area (Å²) in [6.45, 7) is 1.49. The van der Waals surface area contributed by atoms with E-state index in [-0.39, 0.29) is 12.4 Å². The fraction of sp³-hybridized carbons (Fsp3) is 0.222. The maximum absolute atomic E-state index is 11.5. The summed E-state index contributed by atoms with van der Waals surface area (Å²) in [7, 11) is 0. The van der Waals surface area contributed by atoms with Gasteiger partial charge in [-0.3, -0.25) is 14.3 Å². The SMILES string of the molecule is Cc1noc(Cn2cc(C(=O)O)c(=O)[nH]c2=O)n1. The largest absolute Gasteiger partial charge is 0.477 e. The van der Waals surface area contributed by atoms with Gasteiger partial charge >= 0.3 is 11.7 Å². The molecule has 18 heavy (non-hydrogen) atoms. The molecule has 2 rings (SSSR count). The number of nitrogens with zero attached hydrogens (tertiary/aromatic N) is 3. The van der Waals surface area contributed by atoms with Crippen molar-refractivity contribution in [2.45, 2.75) is 13.5 Å². The predicted molar refractivity (Wildman–Crippen MR) is 56.4 cm³/mol. The minimum atomic E-state index is -1.42. The average molecular weight is 252 g/mol. The minimum Gasteiger partial charge on any atom is -0.477 e. The van der Waals surface area contributed by atoms with Crippen molar-refractivity contribution < 1.29 is 14.4 Å². The molecule has 0 radical (unpaired) electrons. The van der Waals surface area contributed by atoms with E-state index in [9.17, 15) is 14.4 Å². The van der Waals surface area contributed by atoms with Crippen LogP contribution in [0.25, 0.3) is 0 Å². The maximum atomic E-state index is 11.5. The Kier molecular flexibility index (Phi) is 2.80. The van der Waals surface area contributed by atoms with Crippen LogP contribution in [0, 0.1) is 6.92 Å². The number of H-pyrrole nitrogens is 1. The molecule has 2 N–H and O–H groups in total. The van der Waals surface area contributed by atoms with Crippen LogP contribution in [0.15, 0.2) is 20.3 Å². The molecule has 0 aliphatic heterocycles. The first kappa shape index (κ1) is 11.8. The standard InChI is InChI=1S/C9H8N4O5/c1-4-10-6(18-12-4)3-13-2-5(8(15)16)7(14)11-9(13)17/h2H,3H2,1H3,(H,15,16)(H,11,14,17). The topological polar surface area (TPSA) is 131 Å². The van der Waals surface area contributed by atoms with E-state index in [1.54, 1.807) is 6.92 Å². The Bertz CT molecular complexity index is 710. The van der Waals surface area contributed by atoms with E-state index >= 15 is 0 Å². The third-order valence-corrected chi connectivity index (χ3v) is 2.12. The molecular formula is C9H8N4O5. The second-order valence-corrected chi connectivity index (χ2v) is 3.47. The van der Waals surface area contributed by atoms with Crippen molar-refractivity contribution >= 4 is 5.97 Å². The van der Waals surface area contributed by atoms with Gasteiger partial charge in [0.1, 0.15) is 12.1 Å². The number of hydrogen-bond donors (Lipinski definition) is 2. The van der Waals surface area contributed by atoms with Crippen molar-refractivity contribution in [2.75, 3.05) is 0 Å². The van der Waals surface area contributed by atoms with Crippen molar-refractivity contribution in [3.63, 3.8) is 0 Å². The summed E-state index contributed by atoms with van der Waals surface area (Å²) in [4.78, 5) is 39.2. The Morgan fingerprint density at radius 2 is 2.28 bits per heavy atom. The average Bonchev–Trinajstić information content (AvgIpc) is 2.67. The highest BCUT2D eigenvalue weighted by Gasteiger charge is 2.13. The molecule has 0 aliphatic carbocycles. The van der Waals surface area contributed by atoms with Gasteiger partial charge in [0.15, 0.2) is 5.82 Å². The minimum absolute atomic E-state index is 0.114. The summed E-state index contributed by atoms with van der Waals surface area (Å²) < 4.78 is 5.76. The molecule has 0 unspecified atom stereocenters. The number of aromatic amines is 1. The quantitative estimate of drug-likeness (QED) is 0.714. The Balaban J connectivity index is 2.45. The van der Waals surface area contributed by atoms with Crippen molar-refractivity contribution in [1.82, 2.24) is 19.7 Å². The summed E-state index contributed by atoms with van der Waals surface area (Å²) in [5.41, 5.74) is -2.24. The lowest BCUT2D eigenvalue weighted by atomic mass is 10.3. The van der Waals surface area contributed by atoms with E-state index in [0.717, 1.165) is 10.8 Å². The van der Waals surface area contributed by atoms with Crippen molar-refractivity contribution in [3.8, 4) is 0 Å². The summed E-state index contributed by atoms with van der Waals surface area (Å²) in [5, 5.41) is 12.3.